The molecule has 0 aliphatic rings. The molecule has 0 atom stereocenters. The third kappa shape index (κ3) is 27.0. The number of halogens is 6. The highest BCUT2D eigenvalue weighted by atomic mass is 35.8. The Morgan fingerprint density at radius 2 is 1.12 bits per heavy atom. The second-order valence-corrected chi connectivity index (χ2v) is 14.8. The van der Waals surface area contributed by atoms with Crippen LogP contribution in [0.25, 0.3) is 0 Å². The smallest absolute Gasteiger partial charge is 0.174 e. The molecule has 1 aromatic carbocycles. The van der Waals surface area contributed by atoms with Gasteiger partial charge in [-0.05, 0) is 19.9 Å². The quantitative estimate of drug-likeness (QED) is 0.234. The van der Waals surface area contributed by atoms with Crippen molar-refractivity contribution in [2.45, 2.75) is 72.0 Å². The number of hydrogen-bond acceptors (Lipinski definition) is 0. The van der Waals surface area contributed by atoms with Crippen LogP contribution in [0.2, 0.25) is 6.04 Å². The van der Waals surface area contributed by atoms with E-state index in [9.17, 15) is 13.2 Å². The number of aryl methyl sites for hydroxylation is 2. The molecule has 0 aliphatic heterocycles. The zero-order chi connectivity index (χ0) is 19.0. The summed E-state index contributed by atoms with van der Waals surface area (Å²) in [5.41, 5.74) is 2.66. The number of benzene rings is 1. The molecular weight excluding hydrogens is 396 g/mol. The zero-order valence-electron chi connectivity index (χ0n) is 14.6. The molecule has 0 saturated carbocycles. The van der Waals surface area contributed by atoms with Crippen LogP contribution in [-0.4, -0.2) is 12.7 Å². The molecule has 1 rings (SSSR count). The summed E-state index contributed by atoms with van der Waals surface area (Å²) < 4.78 is 29.0. The minimum atomic E-state index is -3.67. The fourth-order valence-corrected chi connectivity index (χ4v) is 3.60. The maximum absolute atomic E-state index is 9.67. The Kier molecular flexibility index (Phi) is 18.2. The van der Waals surface area contributed by atoms with Crippen molar-refractivity contribution in [3.63, 3.8) is 0 Å². The number of alkyl halides is 3. The molecule has 0 saturated heterocycles. The fraction of sp³-hybridized carbons (Fsp3) is 0.647. The van der Waals surface area contributed by atoms with Gasteiger partial charge in [-0.15, -0.1) is 33.2 Å². The summed E-state index contributed by atoms with van der Waals surface area (Å²) in [6.45, 7) is 2.74. The van der Waals surface area contributed by atoms with Crippen LogP contribution >= 0.6 is 33.2 Å². The molecule has 0 fully saturated rings. The molecule has 0 spiro atoms. The molecule has 0 radical (unpaired) electrons. The second-order valence-electron chi connectivity index (χ2n) is 5.54. The molecule has 1 aromatic rings. The Hall–Kier alpha value is 0.0969. The zero-order valence-corrected chi connectivity index (χ0v) is 17.9. The first-order chi connectivity index (χ1) is 11.1. The molecular formula is C17H28Cl3F3Si. The Balaban J connectivity index is 0. The van der Waals surface area contributed by atoms with Gasteiger partial charge in [-0.1, -0.05) is 80.8 Å². The molecule has 0 N–H and O–H groups in total. The molecule has 0 amide bonds. The van der Waals surface area contributed by atoms with E-state index in [1.165, 1.54) is 43.2 Å². The number of hydrogen-bond donors (Lipinski definition) is 0. The highest BCUT2D eigenvalue weighted by Crippen LogP contribution is 2.27. The first kappa shape index (κ1) is 26.3. The Labute approximate surface area is 159 Å². The summed E-state index contributed by atoms with van der Waals surface area (Å²) >= 11 is 17.2. The van der Waals surface area contributed by atoms with Crippen molar-refractivity contribution in [2.24, 2.45) is 0 Å². The lowest BCUT2D eigenvalue weighted by Crippen LogP contribution is -2.07. The van der Waals surface area contributed by atoms with Gasteiger partial charge in [0, 0.05) is 0 Å². The van der Waals surface area contributed by atoms with E-state index in [1.54, 1.807) is 0 Å². The second kappa shape index (κ2) is 16.6. The minimum Gasteiger partial charge on any atom is -0.174 e. The Morgan fingerprint density at radius 3 is 1.46 bits per heavy atom. The lowest BCUT2D eigenvalue weighted by molar-refractivity contribution is 0.00819. The van der Waals surface area contributed by atoms with Crippen LogP contribution in [0, 0.1) is 13.8 Å². The van der Waals surface area contributed by atoms with Crippen molar-refractivity contribution < 1.29 is 13.2 Å². The first-order valence-corrected chi connectivity index (χ1v) is 13.3. The summed E-state index contributed by atoms with van der Waals surface area (Å²) in [6, 6.07) is 7.00. The van der Waals surface area contributed by atoms with Gasteiger partial charge in [-0.3, -0.25) is 0 Å². The van der Waals surface area contributed by atoms with Gasteiger partial charge in [0.2, 0.25) is 0 Å². The van der Waals surface area contributed by atoms with E-state index in [1.807, 2.05) is 0 Å². The topological polar surface area (TPSA) is 0 Å². The highest BCUT2D eigenvalue weighted by Gasteiger charge is 2.23. The summed E-state index contributed by atoms with van der Waals surface area (Å²) in [5, 5.41) is 0. The van der Waals surface area contributed by atoms with Crippen molar-refractivity contribution in [1.82, 2.24) is 0 Å². The van der Waals surface area contributed by atoms with E-state index in [-0.39, 0.29) is 0 Å². The molecule has 0 nitrogen and oxygen atoms in total. The molecule has 0 bridgehead atoms. The SMILES string of the molecule is CCCCCCCC[Si](Cl)(Cl)Cl.Cc1ccc(C)cc1.FC(F)F. The van der Waals surface area contributed by atoms with Crippen molar-refractivity contribution in [3.8, 4) is 0 Å². The van der Waals surface area contributed by atoms with Gasteiger partial charge < -0.3 is 0 Å². The van der Waals surface area contributed by atoms with E-state index in [2.05, 4.69) is 45.0 Å². The van der Waals surface area contributed by atoms with E-state index in [0.29, 0.717) is 0 Å². The highest BCUT2D eigenvalue weighted by molar-refractivity contribution is 7.64. The largest absolute Gasteiger partial charge is 0.379 e. The Morgan fingerprint density at radius 1 is 0.792 bits per heavy atom. The molecule has 142 valence electrons. The predicted octanol–water partition coefficient (Wildman–Crippen LogP) is 8.48. The van der Waals surface area contributed by atoms with Crippen LogP contribution in [0.4, 0.5) is 13.2 Å². The van der Waals surface area contributed by atoms with Crippen LogP contribution in [0.15, 0.2) is 24.3 Å². The summed E-state index contributed by atoms with van der Waals surface area (Å²) in [7, 11) is 0. The van der Waals surface area contributed by atoms with Crippen molar-refractivity contribution >= 4 is 39.2 Å². The van der Waals surface area contributed by atoms with Crippen molar-refractivity contribution in [3.05, 3.63) is 35.4 Å². The van der Waals surface area contributed by atoms with E-state index in [4.69, 9.17) is 33.2 Å². The summed E-state index contributed by atoms with van der Waals surface area (Å²) in [6.07, 6.45) is 7.57. The van der Waals surface area contributed by atoms with Gasteiger partial charge in [0.1, 0.15) is 0 Å². The Bertz CT molecular complexity index is 358. The normalized spacial score (nSPS) is 10.6. The number of unbranched alkanes of at least 4 members (excludes halogenated alkanes) is 5. The molecule has 0 heterocycles. The van der Waals surface area contributed by atoms with Crippen LogP contribution in [0.5, 0.6) is 0 Å². The standard InChI is InChI=1S/C8H17Cl3Si.C8H10.CHF3/c1-2-3-4-5-6-7-8-12(9,10)11;1-7-3-5-8(2)6-4-7;2-1(3)4/h2-8H2,1H3;3-6H,1-2H3;1H. The fourth-order valence-electron chi connectivity index (χ4n) is 1.74. The predicted molar refractivity (Wildman–Crippen MR) is 105 cm³/mol. The van der Waals surface area contributed by atoms with Crippen molar-refractivity contribution in [2.75, 3.05) is 0 Å². The lowest BCUT2D eigenvalue weighted by atomic mass is 10.1. The van der Waals surface area contributed by atoms with Gasteiger partial charge in [0.15, 0.2) is 0 Å². The van der Waals surface area contributed by atoms with Gasteiger partial charge in [-0.25, -0.2) is 0 Å². The maximum atomic E-state index is 9.67. The average Bonchev–Trinajstić information content (AvgIpc) is 2.45. The van der Waals surface area contributed by atoms with Gasteiger partial charge in [0.05, 0.1) is 0 Å². The molecule has 0 aromatic heterocycles. The van der Waals surface area contributed by atoms with E-state index < -0.39 is 12.7 Å². The molecule has 7 heteroatoms. The molecule has 24 heavy (non-hydrogen) atoms. The monoisotopic (exact) mass is 422 g/mol. The van der Waals surface area contributed by atoms with Gasteiger partial charge >= 0.3 is 12.7 Å². The van der Waals surface area contributed by atoms with Crippen LogP contribution in [0.1, 0.15) is 56.6 Å². The first-order valence-electron chi connectivity index (χ1n) is 8.10. The lowest BCUT2D eigenvalue weighted by Gasteiger charge is -2.06. The summed E-state index contributed by atoms with van der Waals surface area (Å²) in [5.74, 6) is 0. The average molecular weight is 424 g/mol. The van der Waals surface area contributed by atoms with Crippen LogP contribution in [-0.2, 0) is 0 Å². The molecule has 0 aliphatic carbocycles. The molecule has 0 unspecified atom stereocenters. The van der Waals surface area contributed by atoms with Crippen molar-refractivity contribution in [1.29, 1.82) is 0 Å². The van der Waals surface area contributed by atoms with E-state index in [0.717, 1.165) is 12.5 Å². The van der Waals surface area contributed by atoms with E-state index >= 15 is 0 Å². The maximum Gasteiger partial charge on any atom is 0.379 e. The third-order valence-corrected chi connectivity index (χ3v) is 5.65. The summed E-state index contributed by atoms with van der Waals surface area (Å²) in [4.78, 5) is 0. The third-order valence-electron chi connectivity index (χ3n) is 3.03. The van der Waals surface area contributed by atoms with Gasteiger partial charge in [-0.2, -0.15) is 13.2 Å². The minimum absolute atomic E-state index is 0.823. The number of rotatable bonds is 7. The van der Waals surface area contributed by atoms with Gasteiger partial charge in [0.25, 0.3) is 0 Å². The van der Waals surface area contributed by atoms with Crippen LogP contribution < -0.4 is 0 Å². The van der Waals surface area contributed by atoms with Crippen LogP contribution in [0.3, 0.4) is 0 Å².